The molecule has 0 spiro atoms. The zero-order valence-electron chi connectivity index (χ0n) is 19.0. The predicted octanol–water partition coefficient (Wildman–Crippen LogP) is 3.02. The lowest BCUT2D eigenvalue weighted by Crippen LogP contribution is -2.49. The molecule has 174 valence electrons. The van der Waals surface area contributed by atoms with E-state index in [1.165, 1.54) is 0 Å². The summed E-state index contributed by atoms with van der Waals surface area (Å²) in [4.78, 5) is 12.4. The van der Waals surface area contributed by atoms with E-state index in [1.54, 1.807) is 21.0 Å². The first-order valence-corrected chi connectivity index (χ1v) is 12.3. The number of nitrogens with one attached hydrogen (secondary N) is 2. The van der Waals surface area contributed by atoms with Crippen molar-refractivity contribution in [2.45, 2.75) is 26.3 Å². The Morgan fingerprint density at radius 2 is 1.81 bits per heavy atom. The summed E-state index contributed by atoms with van der Waals surface area (Å²) < 4.78 is 36.6. The number of hydrogen-bond acceptors (Lipinski definition) is 5. The summed E-state index contributed by atoms with van der Waals surface area (Å²) in [5, 5.41) is 2.80. The number of ether oxygens (including phenoxy) is 2. The van der Waals surface area contributed by atoms with Gasteiger partial charge in [-0.3, -0.25) is 4.79 Å². The maximum Gasteiger partial charge on any atom is 0.238 e. The molecule has 0 aliphatic heterocycles. The van der Waals surface area contributed by atoms with Crippen molar-refractivity contribution >= 4 is 22.0 Å². The maximum absolute atomic E-state index is 12.4. The minimum absolute atomic E-state index is 0.169. The lowest BCUT2D eigenvalue weighted by atomic mass is 10.0. The number of sulfonamides is 1. The zero-order valence-corrected chi connectivity index (χ0v) is 19.8. The molecule has 0 saturated carbocycles. The van der Waals surface area contributed by atoms with Crippen LogP contribution in [-0.2, 0) is 21.2 Å². The van der Waals surface area contributed by atoms with Gasteiger partial charge in [-0.15, -0.1) is 0 Å². The highest BCUT2D eigenvalue weighted by atomic mass is 32.2. The Morgan fingerprint density at radius 1 is 1.09 bits per heavy atom. The van der Waals surface area contributed by atoms with E-state index in [9.17, 15) is 13.2 Å². The highest BCUT2D eigenvalue weighted by Crippen LogP contribution is 2.28. The molecule has 2 aromatic carbocycles. The first-order valence-electron chi connectivity index (χ1n) is 10.5. The Bertz CT molecular complexity index is 1000. The average molecular weight is 461 g/mol. The van der Waals surface area contributed by atoms with E-state index in [0.717, 1.165) is 17.4 Å². The molecule has 2 aromatic rings. The molecule has 8 heteroatoms. The third-order valence-corrected chi connectivity index (χ3v) is 5.36. The first-order chi connectivity index (χ1) is 15.2. The number of rotatable bonds is 12. The molecule has 0 fully saturated rings. The molecule has 2 rings (SSSR count). The second kappa shape index (κ2) is 12.3. The van der Waals surface area contributed by atoms with E-state index in [-0.39, 0.29) is 11.8 Å². The minimum Gasteiger partial charge on any atom is -0.493 e. The van der Waals surface area contributed by atoms with E-state index in [2.05, 4.69) is 10.0 Å². The van der Waals surface area contributed by atoms with E-state index in [0.29, 0.717) is 31.1 Å². The monoisotopic (exact) mass is 460 g/mol. The van der Waals surface area contributed by atoms with Crippen molar-refractivity contribution in [1.29, 1.82) is 0 Å². The van der Waals surface area contributed by atoms with Crippen LogP contribution in [0.2, 0.25) is 0 Å². The molecule has 0 bridgehead atoms. The Kier molecular flexibility index (Phi) is 9.74. The highest BCUT2D eigenvalue weighted by Gasteiger charge is 2.24. The lowest BCUT2D eigenvalue weighted by molar-refractivity contribution is -0.123. The fourth-order valence-corrected chi connectivity index (χ4v) is 3.88. The van der Waals surface area contributed by atoms with Gasteiger partial charge < -0.3 is 14.8 Å². The summed E-state index contributed by atoms with van der Waals surface area (Å²) in [7, 11) is -1.90. The Morgan fingerprint density at radius 3 is 2.44 bits per heavy atom. The van der Waals surface area contributed by atoms with Gasteiger partial charge in [0.25, 0.3) is 0 Å². The molecular weight excluding hydrogens is 428 g/mol. The molecule has 0 aliphatic rings. The quantitative estimate of drug-likeness (QED) is 0.508. The van der Waals surface area contributed by atoms with Crippen LogP contribution >= 0.6 is 0 Å². The summed E-state index contributed by atoms with van der Waals surface area (Å²) in [6.07, 6.45) is 5.55. The summed E-state index contributed by atoms with van der Waals surface area (Å²) in [6, 6.07) is 14.8. The van der Waals surface area contributed by atoms with Crippen LogP contribution in [0.25, 0.3) is 6.08 Å². The number of hydrogen-bond donors (Lipinski definition) is 2. The minimum atomic E-state index is -3.48. The van der Waals surface area contributed by atoms with E-state index in [4.69, 9.17) is 9.47 Å². The summed E-state index contributed by atoms with van der Waals surface area (Å²) in [6.45, 7) is 4.36. The Labute approximate surface area is 190 Å². The van der Waals surface area contributed by atoms with Crippen molar-refractivity contribution < 1.29 is 22.7 Å². The van der Waals surface area contributed by atoms with Crippen LogP contribution in [0.15, 0.2) is 54.6 Å². The number of benzene rings is 2. The van der Waals surface area contributed by atoms with Gasteiger partial charge in [-0.2, -0.15) is 0 Å². The summed E-state index contributed by atoms with van der Waals surface area (Å²) in [5.74, 6) is 0.732. The average Bonchev–Trinajstić information content (AvgIpc) is 2.75. The molecule has 0 radical (unpaired) electrons. The number of methoxy groups -OCH3 is 1. The van der Waals surface area contributed by atoms with E-state index in [1.807, 2.05) is 60.7 Å². The van der Waals surface area contributed by atoms with Crippen LogP contribution in [0.5, 0.6) is 11.5 Å². The van der Waals surface area contributed by atoms with Crippen LogP contribution in [0.3, 0.4) is 0 Å². The lowest BCUT2D eigenvalue weighted by Gasteiger charge is -2.20. The molecule has 0 aromatic heterocycles. The summed E-state index contributed by atoms with van der Waals surface area (Å²) >= 11 is 0. The molecular formula is C24H32N2O5S. The molecule has 7 nitrogen and oxygen atoms in total. The second-order valence-corrected chi connectivity index (χ2v) is 9.54. The van der Waals surface area contributed by atoms with Gasteiger partial charge in [0, 0.05) is 6.54 Å². The molecule has 0 aliphatic carbocycles. The van der Waals surface area contributed by atoms with Crippen LogP contribution in [0, 0.1) is 5.92 Å². The van der Waals surface area contributed by atoms with E-state index >= 15 is 0 Å². The Balaban J connectivity index is 1.89. The van der Waals surface area contributed by atoms with Crippen molar-refractivity contribution in [2.75, 3.05) is 26.5 Å². The van der Waals surface area contributed by atoms with Gasteiger partial charge in [0.1, 0.15) is 12.6 Å². The fraction of sp³-hybridized carbons (Fsp3) is 0.375. The number of carbonyl (C=O) groups is 1. The molecule has 2 N–H and O–H groups in total. The molecule has 0 unspecified atom stereocenters. The van der Waals surface area contributed by atoms with Crippen molar-refractivity contribution in [1.82, 2.24) is 10.0 Å². The summed E-state index contributed by atoms with van der Waals surface area (Å²) in [5.41, 5.74) is 2.07. The van der Waals surface area contributed by atoms with Crippen LogP contribution in [0.1, 0.15) is 25.0 Å². The normalized spacial score (nSPS) is 12.7. The molecule has 0 saturated heterocycles. The van der Waals surface area contributed by atoms with Crippen molar-refractivity contribution in [2.24, 2.45) is 5.92 Å². The standard InChI is InChI=1S/C24H32N2O5S/c1-18(2)23(26-32(4,28)29)24(27)25-15-14-20-12-13-21(22(17-20)30-3)31-16-8-11-19-9-6-5-7-10-19/h5-13,17-18,23,26H,14-16H2,1-4H3,(H,25,27)/b11-8+/t23-/m0/s1. The zero-order chi connectivity index (χ0) is 23.6. The molecule has 0 heterocycles. The van der Waals surface area contributed by atoms with Gasteiger partial charge in [0.2, 0.25) is 15.9 Å². The third-order valence-electron chi connectivity index (χ3n) is 4.68. The van der Waals surface area contributed by atoms with Gasteiger partial charge in [-0.25, -0.2) is 13.1 Å². The topological polar surface area (TPSA) is 93.7 Å². The van der Waals surface area contributed by atoms with Gasteiger partial charge in [0.15, 0.2) is 11.5 Å². The van der Waals surface area contributed by atoms with Gasteiger partial charge in [0.05, 0.1) is 13.4 Å². The van der Waals surface area contributed by atoms with E-state index < -0.39 is 16.1 Å². The van der Waals surface area contributed by atoms with Crippen LogP contribution < -0.4 is 19.5 Å². The van der Waals surface area contributed by atoms with Crippen molar-refractivity contribution in [3.05, 3.63) is 65.7 Å². The largest absolute Gasteiger partial charge is 0.493 e. The van der Waals surface area contributed by atoms with Crippen molar-refractivity contribution in [3.8, 4) is 11.5 Å². The smallest absolute Gasteiger partial charge is 0.238 e. The fourth-order valence-electron chi connectivity index (χ4n) is 3.04. The van der Waals surface area contributed by atoms with Crippen molar-refractivity contribution in [3.63, 3.8) is 0 Å². The Hall–Kier alpha value is -2.84. The highest BCUT2D eigenvalue weighted by molar-refractivity contribution is 7.88. The van der Waals surface area contributed by atoms with Gasteiger partial charge in [-0.05, 0) is 41.7 Å². The third kappa shape index (κ3) is 8.72. The number of amides is 1. The van der Waals surface area contributed by atoms with Crippen LogP contribution in [0.4, 0.5) is 0 Å². The molecule has 1 amide bonds. The van der Waals surface area contributed by atoms with Gasteiger partial charge >= 0.3 is 0 Å². The number of carbonyl (C=O) groups excluding carboxylic acids is 1. The molecule has 1 atom stereocenters. The maximum atomic E-state index is 12.4. The van der Waals surface area contributed by atoms with Gasteiger partial charge in [-0.1, -0.05) is 56.3 Å². The first kappa shape index (κ1) is 25.4. The molecule has 32 heavy (non-hydrogen) atoms. The predicted molar refractivity (Wildman–Crippen MR) is 127 cm³/mol. The second-order valence-electron chi connectivity index (χ2n) is 7.76. The SMILES string of the molecule is COc1cc(CCNC(=O)[C@@H](NS(C)(=O)=O)C(C)C)ccc1OC/C=C/c1ccccc1. The van der Waals surface area contributed by atoms with Crippen LogP contribution in [-0.4, -0.2) is 46.9 Å².